The Labute approximate surface area is 151 Å². The summed E-state index contributed by atoms with van der Waals surface area (Å²) < 4.78 is 14.3. The van der Waals surface area contributed by atoms with Gasteiger partial charge in [-0.2, -0.15) is 0 Å². The SMILES string of the molecule is O=C(Nc1nc2c(F)cccc2s1)c1ccc(N2C(=O)CCC2=O)cc1. The lowest BCUT2D eigenvalue weighted by Crippen LogP contribution is -2.28. The Kier molecular flexibility index (Phi) is 3.96. The number of nitrogens with one attached hydrogen (secondary N) is 1. The summed E-state index contributed by atoms with van der Waals surface area (Å²) in [4.78, 5) is 41.1. The van der Waals surface area contributed by atoms with Crippen molar-refractivity contribution in [2.75, 3.05) is 10.2 Å². The maximum Gasteiger partial charge on any atom is 0.257 e. The second-order valence-electron chi connectivity index (χ2n) is 5.73. The van der Waals surface area contributed by atoms with Crippen molar-refractivity contribution in [2.45, 2.75) is 12.8 Å². The largest absolute Gasteiger partial charge is 0.298 e. The van der Waals surface area contributed by atoms with Crippen LogP contribution >= 0.6 is 11.3 Å². The van der Waals surface area contributed by atoms with Gasteiger partial charge in [-0.1, -0.05) is 17.4 Å². The van der Waals surface area contributed by atoms with Crippen LogP contribution in [0.15, 0.2) is 42.5 Å². The monoisotopic (exact) mass is 369 g/mol. The van der Waals surface area contributed by atoms with Crippen LogP contribution in [0.25, 0.3) is 10.2 Å². The summed E-state index contributed by atoms with van der Waals surface area (Å²) in [6.07, 6.45) is 0.407. The van der Waals surface area contributed by atoms with Gasteiger partial charge in [0.15, 0.2) is 5.13 Å². The van der Waals surface area contributed by atoms with Gasteiger partial charge >= 0.3 is 0 Å². The second-order valence-corrected chi connectivity index (χ2v) is 6.76. The van der Waals surface area contributed by atoms with Crippen LogP contribution in [0.3, 0.4) is 0 Å². The minimum Gasteiger partial charge on any atom is -0.298 e. The van der Waals surface area contributed by atoms with E-state index in [1.807, 2.05) is 0 Å². The lowest BCUT2D eigenvalue weighted by Gasteiger charge is -2.13. The highest BCUT2D eigenvalue weighted by atomic mass is 32.1. The Morgan fingerprint density at radius 1 is 1.08 bits per heavy atom. The number of anilines is 2. The number of amides is 3. The van der Waals surface area contributed by atoms with Gasteiger partial charge in [0, 0.05) is 18.4 Å². The minimum absolute atomic E-state index is 0.204. The molecule has 1 N–H and O–H groups in total. The van der Waals surface area contributed by atoms with Gasteiger partial charge in [-0.05, 0) is 36.4 Å². The lowest BCUT2D eigenvalue weighted by atomic mass is 10.2. The molecule has 0 bridgehead atoms. The van der Waals surface area contributed by atoms with Crippen LogP contribution in [0.5, 0.6) is 0 Å². The topological polar surface area (TPSA) is 79.4 Å². The molecule has 26 heavy (non-hydrogen) atoms. The van der Waals surface area contributed by atoms with E-state index in [2.05, 4.69) is 10.3 Å². The van der Waals surface area contributed by atoms with Crippen molar-refractivity contribution in [3.63, 3.8) is 0 Å². The highest BCUT2D eigenvalue weighted by molar-refractivity contribution is 7.22. The molecule has 3 amide bonds. The van der Waals surface area contributed by atoms with Crippen LogP contribution in [0.1, 0.15) is 23.2 Å². The molecule has 0 aliphatic carbocycles. The van der Waals surface area contributed by atoms with E-state index < -0.39 is 11.7 Å². The molecule has 6 nitrogen and oxygen atoms in total. The van der Waals surface area contributed by atoms with Crippen LogP contribution in [-0.4, -0.2) is 22.7 Å². The molecule has 2 aromatic carbocycles. The van der Waals surface area contributed by atoms with Crippen molar-refractivity contribution in [1.82, 2.24) is 4.98 Å². The molecular formula is C18H12FN3O3S. The van der Waals surface area contributed by atoms with E-state index in [0.29, 0.717) is 21.1 Å². The molecule has 2 heterocycles. The molecule has 8 heteroatoms. The van der Waals surface area contributed by atoms with Crippen molar-refractivity contribution in [2.24, 2.45) is 0 Å². The summed E-state index contributed by atoms with van der Waals surface area (Å²) in [6.45, 7) is 0. The molecule has 130 valence electrons. The van der Waals surface area contributed by atoms with E-state index in [-0.39, 0.29) is 30.2 Å². The fourth-order valence-electron chi connectivity index (χ4n) is 2.76. The number of aromatic nitrogens is 1. The van der Waals surface area contributed by atoms with Gasteiger partial charge < -0.3 is 0 Å². The number of imide groups is 1. The third-order valence-corrected chi connectivity index (χ3v) is 4.97. The molecule has 1 saturated heterocycles. The van der Waals surface area contributed by atoms with Crippen molar-refractivity contribution >= 4 is 50.1 Å². The molecule has 4 rings (SSSR count). The second kappa shape index (κ2) is 6.30. The number of nitrogens with zero attached hydrogens (tertiary/aromatic N) is 2. The first kappa shape index (κ1) is 16.3. The van der Waals surface area contributed by atoms with E-state index in [9.17, 15) is 18.8 Å². The standard InChI is InChI=1S/C18H12FN3O3S/c19-12-2-1-3-13-16(12)20-18(26-13)21-17(25)10-4-6-11(7-5-10)22-14(23)8-9-15(22)24/h1-7H,8-9H2,(H,20,21,25). The summed E-state index contributed by atoms with van der Waals surface area (Å²) in [5.41, 5.74) is 0.998. The van der Waals surface area contributed by atoms with Gasteiger partial charge in [0.2, 0.25) is 11.8 Å². The van der Waals surface area contributed by atoms with Crippen molar-refractivity contribution in [3.05, 3.63) is 53.8 Å². The number of halogens is 1. The van der Waals surface area contributed by atoms with Gasteiger partial charge in [0.05, 0.1) is 10.4 Å². The van der Waals surface area contributed by atoms with Gasteiger partial charge in [-0.25, -0.2) is 9.37 Å². The van der Waals surface area contributed by atoms with Gasteiger partial charge in [0.1, 0.15) is 11.3 Å². The first-order valence-electron chi connectivity index (χ1n) is 7.85. The zero-order valence-electron chi connectivity index (χ0n) is 13.4. The van der Waals surface area contributed by atoms with Crippen molar-refractivity contribution < 1.29 is 18.8 Å². The third-order valence-electron chi connectivity index (χ3n) is 4.03. The fourth-order valence-corrected chi connectivity index (χ4v) is 3.64. The number of rotatable bonds is 3. The maximum atomic E-state index is 13.7. The molecule has 1 aromatic heterocycles. The average molecular weight is 369 g/mol. The Morgan fingerprint density at radius 2 is 1.77 bits per heavy atom. The molecule has 1 aliphatic rings. The molecule has 1 aliphatic heterocycles. The lowest BCUT2D eigenvalue weighted by molar-refractivity contribution is -0.121. The van der Waals surface area contributed by atoms with Gasteiger partial charge in [-0.15, -0.1) is 0 Å². The Bertz CT molecular complexity index is 1030. The number of para-hydroxylation sites is 1. The zero-order valence-corrected chi connectivity index (χ0v) is 14.2. The van der Waals surface area contributed by atoms with Crippen molar-refractivity contribution in [1.29, 1.82) is 0 Å². The summed E-state index contributed by atoms with van der Waals surface area (Å²) in [6, 6.07) is 10.8. The number of carbonyl (C=O) groups is 3. The summed E-state index contributed by atoms with van der Waals surface area (Å²) >= 11 is 1.18. The van der Waals surface area contributed by atoms with Crippen LogP contribution in [-0.2, 0) is 9.59 Å². The molecular weight excluding hydrogens is 357 g/mol. The predicted molar refractivity (Wildman–Crippen MR) is 95.7 cm³/mol. The van der Waals surface area contributed by atoms with E-state index in [0.717, 1.165) is 4.90 Å². The van der Waals surface area contributed by atoms with Crippen LogP contribution in [0.2, 0.25) is 0 Å². The predicted octanol–water partition coefficient (Wildman–Crippen LogP) is 3.34. The van der Waals surface area contributed by atoms with Crippen molar-refractivity contribution in [3.8, 4) is 0 Å². The smallest absolute Gasteiger partial charge is 0.257 e. The zero-order chi connectivity index (χ0) is 18.3. The van der Waals surface area contributed by atoms with E-state index in [1.165, 1.54) is 29.5 Å². The molecule has 0 radical (unpaired) electrons. The van der Waals surface area contributed by atoms with E-state index in [4.69, 9.17) is 0 Å². The minimum atomic E-state index is -0.441. The number of hydrogen-bond donors (Lipinski definition) is 1. The fraction of sp³-hybridized carbons (Fsp3) is 0.111. The number of thiazole rings is 1. The highest BCUT2D eigenvalue weighted by Crippen LogP contribution is 2.28. The summed E-state index contributed by atoms with van der Waals surface area (Å²) in [7, 11) is 0. The third kappa shape index (κ3) is 2.84. The molecule has 0 spiro atoms. The Balaban J connectivity index is 1.53. The molecule has 0 atom stereocenters. The first-order chi connectivity index (χ1) is 12.5. The Morgan fingerprint density at radius 3 is 2.42 bits per heavy atom. The summed E-state index contributed by atoms with van der Waals surface area (Å²) in [5, 5.41) is 2.93. The first-order valence-corrected chi connectivity index (χ1v) is 8.67. The van der Waals surface area contributed by atoms with E-state index >= 15 is 0 Å². The molecule has 1 fully saturated rings. The number of carbonyl (C=O) groups excluding carboxylic acids is 3. The molecule has 0 unspecified atom stereocenters. The van der Waals surface area contributed by atoms with Crippen LogP contribution in [0.4, 0.5) is 15.2 Å². The average Bonchev–Trinajstić information content (AvgIpc) is 3.19. The van der Waals surface area contributed by atoms with Crippen LogP contribution in [0, 0.1) is 5.82 Å². The normalized spacial score (nSPS) is 14.3. The number of hydrogen-bond acceptors (Lipinski definition) is 5. The maximum absolute atomic E-state index is 13.7. The summed E-state index contributed by atoms with van der Waals surface area (Å²) in [5.74, 6) is -1.34. The van der Waals surface area contributed by atoms with E-state index in [1.54, 1.807) is 24.3 Å². The molecule has 0 saturated carbocycles. The molecule has 3 aromatic rings. The van der Waals surface area contributed by atoms with Gasteiger partial charge in [0.25, 0.3) is 5.91 Å². The van der Waals surface area contributed by atoms with Crippen LogP contribution < -0.4 is 10.2 Å². The number of fused-ring (bicyclic) bond motifs is 1. The quantitative estimate of drug-likeness (QED) is 0.718. The van der Waals surface area contributed by atoms with Gasteiger partial charge in [-0.3, -0.25) is 24.6 Å². The Hall–Kier alpha value is -3.13. The highest BCUT2D eigenvalue weighted by Gasteiger charge is 2.30. The number of benzene rings is 2.